The van der Waals surface area contributed by atoms with Gasteiger partial charge in [0.25, 0.3) is 0 Å². The molecule has 0 saturated carbocycles. The third-order valence-corrected chi connectivity index (χ3v) is 8.70. The normalized spacial score (nSPS) is 11.6. The van der Waals surface area contributed by atoms with Crippen molar-refractivity contribution in [3.05, 3.63) is 158 Å². The molecule has 0 spiro atoms. The van der Waals surface area contributed by atoms with Crippen LogP contribution in [0.4, 0.5) is 17.1 Å². The van der Waals surface area contributed by atoms with Crippen LogP contribution in [0, 0.1) is 0 Å². The SMILES string of the molecule is c1ccc(N(c2ccc(-c3cncc4oc5ccccc5c34)cc2)c2ccc3c(ccc4ccc5ccccc5c43)c2)cc1. The van der Waals surface area contributed by atoms with Crippen LogP contribution in [-0.2, 0) is 0 Å². The second-order valence-electron chi connectivity index (χ2n) is 11.2. The molecular formula is C41H26N2O. The maximum Gasteiger partial charge on any atom is 0.154 e. The predicted molar refractivity (Wildman–Crippen MR) is 184 cm³/mol. The number of aromatic nitrogens is 1. The van der Waals surface area contributed by atoms with E-state index in [1.165, 1.54) is 32.3 Å². The highest BCUT2D eigenvalue weighted by atomic mass is 16.3. The molecule has 9 rings (SSSR count). The smallest absolute Gasteiger partial charge is 0.154 e. The van der Waals surface area contributed by atoms with Crippen molar-refractivity contribution >= 4 is 71.3 Å². The first-order valence-electron chi connectivity index (χ1n) is 14.9. The van der Waals surface area contributed by atoms with Crippen LogP contribution in [0.15, 0.2) is 162 Å². The second-order valence-corrected chi connectivity index (χ2v) is 11.2. The van der Waals surface area contributed by atoms with Gasteiger partial charge in [0, 0.05) is 39.6 Å². The average Bonchev–Trinajstić information content (AvgIpc) is 3.48. The van der Waals surface area contributed by atoms with Gasteiger partial charge >= 0.3 is 0 Å². The third-order valence-electron chi connectivity index (χ3n) is 8.70. The minimum absolute atomic E-state index is 0.801. The first-order valence-corrected chi connectivity index (χ1v) is 14.9. The van der Waals surface area contributed by atoms with Crippen molar-refractivity contribution in [3.8, 4) is 11.1 Å². The summed E-state index contributed by atoms with van der Waals surface area (Å²) in [5.74, 6) is 0. The van der Waals surface area contributed by atoms with E-state index >= 15 is 0 Å². The van der Waals surface area contributed by atoms with Crippen LogP contribution in [0.3, 0.4) is 0 Å². The first-order chi connectivity index (χ1) is 21.8. The lowest BCUT2D eigenvalue weighted by molar-refractivity contribution is 0.667. The summed E-state index contributed by atoms with van der Waals surface area (Å²) in [4.78, 5) is 6.82. The maximum absolute atomic E-state index is 6.11. The Balaban J connectivity index is 1.19. The Kier molecular flexibility index (Phi) is 5.50. The van der Waals surface area contributed by atoms with Crippen molar-refractivity contribution in [2.24, 2.45) is 0 Å². The molecule has 7 aromatic carbocycles. The van der Waals surface area contributed by atoms with Crippen molar-refractivity contribution in [1.82, 2.24) is 4.98 Å². The van der Waals surface area contributed by atoms with Crippen molar-refractivity contribution < 1.29 is 4.42 Å². The molecule has 3 nitrogen and oxygen atoms in total. The Morgan fingerprint density at radius 1 is 0.432 bits per heavy atom. The zero-order chi connectivity index (χ0) is 29.0. The second kappa shape index (κ2) is 9.82. The van der Waals surface area contributed by atoms with Gasteiger partial charge in [0.05, 0.1) is 6.20 Å². The van der Waals surface area contributed by atoms with Gasteiger partial charge in [-0.05, 0) is 80.3 Å². The highest BCUT2D eigenvalue weighted by molar-refractivity contribution is 6.20. The number of para-hydroxylation sites is 2. The molecule has 0 saturated heterocycles. The summed E-state index contributed by atoms with van der Waals surface area (Å²) in [6.45, 7) is 0. The lowest BCUT2D eigenvalue weighted by atomic mass is 9.96. The average molecular weight is 563 g/mol. The number of benzene rings is 7. The molecule has 0 bridgehead atoms. The van der Waals surface area contributed by atoms with Crippen molar-refractivity contribution in [2.45, 2.75) is 0 Å². The van der Waals surface area contributed by atoms with Crippen LogP contribution in [0.1, 0.15) is 0 Å². The van der Waals surface area contributed by atoms with Crippen molar-refractivity contribution in [2.75, 3.05) is 4.90 Å². The summed E-state index contributed by atoms with van der Waals surface area (Å²) in [5, 5.41) is 9.79. The fraction of sp³-hybridized carbons (Fsp3) is 0. The van der Waals surface area contributed by atoms with E-state index in [4.69, 9.17) is 4.42 Å². The van der Waals surface area contributed by atoms with Crippen LogP contribution in [-0.4, -0.2) is 4.98 Å². The molecule has 206 valence electrons. The van der Waals surface area contributed by atoms with E-state index in [9.17, 15) is 0 Å². The summed E-state index contributed by atoms with van der Waals surface area (Å²) in [6.07, 6.45) is 3.74. The van der Waals surface area contributed by atoms with Crippen LogP contribution in [0.5, 0.6) is 0 Å². The van der Waals surface area contributed by atoms with Gasteiger partial charge in [-0.15, -0.1) is 0 Å². The van der Waals surface area contributed by atoms with E-state index in [0.717, 1.165) is 50.1 Å². The molecule has 9 aromatic rings. The fourth-order valence-electron chi connectivity index (χ4n) is 6.67. The molecule has 2 aromatic heterocycles. The molecule has 0 atom stereocenters. The van der Waals surface area contributed by atoms with Crippen LogP contribution in [0.25, 0.3) is 65.4 Å². The molecule has 0 unspecified atom stereocenters. The number of hydrogen-bond acceptors (Lipinski definition) is 3. The molecule has 3 heteroatoms. The summed E-state index contributed by atoms with van der Waals surface area (Å²) in [6, 6.07) is 51.9. The Labute approximate surface area is 254 Å². The Hall–Kier alpha value is -5.93. The predicted octanol–water partition coefficient (Wildman–Crippen LogP) is 11.6. The number of rotatable bonds is 4. The van der Waals surface area contributed by atoms with Gasteiger partial charge in [-0.1, -0.05) is 103 Å². The monoisotopic (exact) mass is 562 g/mol. The molecule has 0 aliphatic rings. The van der Waals surface area contributed by atoms with Crippen molar-refractivity contribution in [3.63, 3.8) is 0 Å². The van der Waals surface area contributed by atoms with Gasteiger partial charge < -0.3 is 9.32 Å². The topological polar surface area (TPSA) is 29.3 Å². The maximum atomic E-state index is 6.11. The van der Waals surface area contributed by atoms with Crippen LogP contribution in [0.2, 0.25) is 0 Å². The Morgan fingerprint density at radius 2 is 1.09 bits per heavy atom. The van der Waals surface area contributed by atoms with E-state index in [1.807, 2.05) is 18.3 Å². The van der Waals surface area contributed by atoms with Gasteiger partial charge in [0.2, 0.25) is 0 Å². The van der Waals surface area contributed by atoms with E-state index in [-0.39, 0.29) is 0 Å². The van der Waals surface area contributed by atoms with E-state index in [1.54, 1.807) is 6.20 Å². The summed E-state index contributed by atoms with van der Waals surface area (Å²) in [5.41, 5.74) is 7.15. The summed E-state index contributed by atoms with van der Waals surface area (Å²) in [7, 11) is 0. The molecule has 0 radical (unpaired) electrons. The number of hydrogen-bond donors (Lipinski definition) is 0. The molecule has 0 N–H and O–H groups in total. The lowest BCUT2D eigenvalue weighted by Gasteiger charge is -2.26. The quantitative estimate of drug-likeness (QED) is 0.200. The Morgan fingerprint density at radius 3 is 1.95 bits per heavy atom. The molecular weight excluding hydrogens is 536 g/mol. The number of furan rings is 1. The lowest BCUT2D eigenvalue weighted by Crippen LogP contribution is -2.09. The minimum Gasteiger partial charge on any atom is -0.454 e. The molecule has 0 fully saturated rings. The molecule has 0 aliphatic carbocycles. The number of fused-ring (bicyclic) bond motifs is 8. The van der Waals surface area contributed by atoms with E-state index in [0.29, 0.717) is 0 Å². The van der Waals surface area contributed by atoms with Gasteiger partial charge in [0.1, 0.15) is 5.58 Å². The number of nitrogens with zero attached hydrogens (tertiary/aromatic N) is 2. The minimum atomic E-state index is 0.801. The van der Waals surface area contributed by atoms with Crippen molar-refractivity contribution in [1.29, 1.82) is 0 Å². The third kappa shape index (κ3) is 3.87. The number of anilines is 3. The Bertz CT molecular complexity index is 2490. The van der Waals surface area contributed by atoms with Crippen LogP contribution >= 0.6 is 0 Å². The highest BCUT2D eigenvalue weighted by Gasteiger charge is 2.16. The van der Waals surface area contributed by atoms with Crippen LogP contribution < -0.4 is 4.90 Å². The van der Waals surface area contributed by atoms with E-state index in [2.05, 4.69) is 143 Å². The van der Waals surface area contributed by atoms with Gasteiger partial charge in [-0.2, -0.15) is 0 Å². The van der Waals surface area contributed by atoms with Gasteiger partial charge in [0.15, 0.2) is 5.58 Å². The molecule has 0 aliphatic heterocycles. The zero-order valence-electron chi connectivity index (χ0n) is 23.8. The van der Waals surface area contributed by atoms with E-state index < -0.39 is 0 Å². The largest absolute Gasteiger partial charge is 0.454 e. The summed E-state index contributed by atoms with van der Waals surface area (Å²) < 4.78 is 6.11. The van der Waals surface area contributed by atoms with Gasteiger partial charge in [-0.3, -0.25) is 4.98 Å². The zero-order valence-corrected chi connectivity index (χ0v) is 23.8. The molecule has 44 heavy (non-hydrogen) atoms. The number of pyridine rings is 1. The molecule has 0 amide bonds. The fourth-order valence-corrected chi connectivity index (χ4v) is 6.67. The standard InChI is InChI=1S/C41H26N2O/c1-2-9-31(10-3-1)43(33-22-23-35-30(24-33)17-16-29-15-14-27-8-4-5-11-34(27)40(29)35)32-20-18-28(19-21-32)37-25-42-26-39-41(37)36-12-6-7-13-38(36)44-39/h1-26H. The summed E-state index contributed by atoms with van der Waals surface area (Å²) >= 11 is 0. The molecule has 2 heterocycles. The van der Waals surface area contributed by atoms with Gasteiger partial charge in [-0.25, -0.2) is 0 Å². The highest BCUT2D eigenvalue weighted by Crippen LogP contribution is 2.41. The first kappa shape index (κ1) is 24.6.